The molecule has 0 bridgehead atoms. The van der Waals surface area contributed by atoms with Crippen LogP contribution in [0.25, 0.3) is 0 Å². The molecule has 13 heavy (non-hydrogen) atoms. The van der Waals surface area contributed by atoms with Gasteiger partial charge in [-0.2, -0.15) is 0 Å². The van der Waals surface area contributed by atoms with Crippen molar-refractivity contribution in [3.63, 3.8) is 0 Å². The SMILES string of the molecule is CNC1CCCSc2ccccc21. The first kappa shape index (κ1) is 9.10. The summed E-state index contributed by atoms with van der Waals surface area (Å²) in [6.07, 6.45) is 2.57. The summed E-state index contributed by atoms with van der Waals surface area (Å²) >= 11 is 1.99. The van der Waals surface area contributed by atoms with Crippen LogP contribution in [-0.2, 0) is 0 Å². The lowest BCUT2D eigenvalue weighted by Crippen LogP contribution is -2.15. The fourth-order valence-corrected chi connectivity index (χ4v) is 2.91. The minimum Gasteiger partial charge on any atom is -0.313 e. The Morgan fingerprint density at radius 1 is 1.38 bits per heavy atom. The highest BCUT2D eigenvalue weighted by Gasteiger charge is 2.16. The molecule has 1 unspecified atom stereocenters. The van der Waals surface area contributed by atoms with Gasteiger partial charge in [0.1, 0.15) is 0 Å². The molecule has 2 rings (SSSR count). The van der Waals surface area contributed by atoms with E-state index in [-0.39, 0.29) is 0 Å². The lowest BCUT2D eigenvalue weighted by Gasteiger charge is -2.15. The summed E-state index contributed by atoms with van der Waals surface area (Å²) in [6, 6.07) is 9.30. The predicted octanol–water partition coefficient (Wildman–Crippen LogP) is 2.83. The Labute approximate surface area is 83.9 Å². The van der Waals surface area contributed by atoms with Gasteiger partial charge < -0.3 is 5.32 Å². The van der Waals surface area contributed by atoms with Crippen LogP contribution in [0.2, 0.25) is 0 Å². The second-order valence-electron chi connectivity index (χ2n) is 3.37. The zero-order valence-corrected chi connectivity index (χ0v) is 8.73. The van der Waals surface area contributed by atoms with Crippen LogP contribution in [0.5, 0.6) is 0 Å². The lowest BCUT2D eigenvalue weighted by atomic mass is 10.0. The van der Waals surface area contributed by atoms with Gasteiger partial charge in [-0.1, -0.05) is 18.2 Å². The van der Waals surface area contributed by atoms with E-state index in [0.29, 0.717) is 6.04 Å². The predicted molar refractivity (Wildman–Crippen MR) is 58.2 cm³/mol. The second kappa shape index (κ2) is 4.16. The molecule has 1 aromatic rings. The molecule has 2 heteroatoms. The highest BCUT2D eigenvalue weighted by molar-refractivity contribution is 7.99. The Kier molecular flexibility index (Phi) is 2.91. The zero-order valence-electron chi connectivity index (χ0n) is 7.92. The zero-order chi connectivity index (χ0) is 9.10. The third-order valence-electron chi connectivity index (χ3n) is 2.54. The van der Waals surface area contributed by atoms with Crippen LogP contribution in [0.3, 0.4) is 0 Å². The smallest absolute Gasteiger partial charge is 0.0328 e. The molecular formula is C11H15NS. The second-order valence-corrected chi connectivity index (χ2v) is 4.51. The van der Waals surface area contributed by atoms with Crippen molar-refractivity contribution in [3.8, 4) is 0 Å². The van der Waals surface area contributed by atoms with Gasteiger partial charge in [0.25, 0.3) is 0 Å². The molecule has 0 aromatic heterocycles. The summed E-state index contributed by atoms with van der Waals surface area (Å²) < 4.78 is 0. The number of benzene rings is 1. The molecule has 1 aliphatic heterocycles. The van der Waals surface area contributed by atoms with Crippen LogP contribution in [0.4, 0.5) is 0 Å². The number of nitrogens with one attached hydrogen (secondary N) is 1. The maximum atomic E-state index is 3.39. The van der Waals surface area contributed by atoms with Crippen LogP contribution >= 0.6 is 11.8 Å². The highest BCUT2D eigenvalue weighted by atomic mass is 32.2. The van der Waals surface area contributed by atoms with Gasteiger partial charge in [-0.3, -0.25) is 0 Å². The largest absolute Gasteiger partial charge is 0.313 e. The van der Waals surface area contributed by atoms with E-state index in [1.54, 1.807) is 0 Å². The maximum absolute atomic E-state index is 3.39. The normalized spacial score (nSPS) is 22.1. The lowest BCUT2D eigenvalue weighted by molar-refractivity contribution is 0.541. The number of hydrogen-bond donors (Lipinski definition) is 1. The summed E-state index contributed by atoms with van der Waals surface area (Å²) in [7, 11) is 2.05. The van der Waals surface area contributed by atoms with Gasteiger partial charge in [0.05, 0.1) is 0 Å². The van der Waals surface area contributed by atoms with Crippen molar-refractivity contribution in [2.24, 2.45) is 0 Å². The Hall–Kier alpha value is -0.470. The molecule has 0 amide bonds. The monoisotopic (exact) mass is 193 g/mol. The number of rotatable bonds is 1. The van der Waals surface area contributed by atoms with Gasteiger partial charge in [-0.05, 0) is 37.3 Å². The van der Waals surface area contributed by atoms with Crippen LogP contribution in [-0.4, -0.2) is 12.8 Å². The fourth-order valence-electron chi connectivity index (χ4n) is 1.82. The molecule has 0 radical (unpaired) electrons. The Bertz CT molecular complexity index is 285. The molecular weight excluding hydrogens is 178 g/mol. The molecule has 0 saturated heterocycles. The minimum absolute atomic E-state index is 0.561. The molecule has 0 aliphatic carbocycles. The Balaban J connectivity index is 2.35. The van der Waals surface area contributed by atoms with Crippen LogP contribution < -0.4 is 5.32 Å². The number of thioether (sulfide) groups is 1. The van der Waals surface area contributed by atoms with Gasteiger partial charge in [0.15, 0.2) is 0 Å². The number of hydrogen-bond acceptors (Lipinski definition) is 2. The van der Waals surface area contributed by atoms with Gasteiger partial charge in [0.2, 0.25) is 0 Å². The standard InChI is InChI=1S/C11H15NS/c1-12-10-6-4-8-13-11-7-3-2-5-9(10)11/h2-3,5,7,10,12H,4,6,8H2,1H3. The van der Waals surface area contributed by atoms with Gasteiger partial charge in [-0.15, -0.1) is 11.8 Å². The quantitative estimate of drug-likeness (QED) is 0.736. The molecule has 0 saturated carbocycles. The van der Waals surface area contributed by atoms with E-state index in [0.717, 1.165) is 0 Å². The van der Waals surface area contributed by atoms with Crippen molar-refractivity contribution < 1.29 is 0 Å². The summed E-state index contributed by atoms with van der Waals surface area (Å²) in [5.41, 5.74) is 1.48. The minimum atomic E-state index is 0.561. The first-order valence-electron chi connectivity index (χ1n) is 4.81. The van der Waals surface area contributed by atoms with Gasteiger partial charge >= 0.3 is 0 Å². The summed E-state index contributed by atoms with van der Waals surface area (Å²) in [6.45, 7) is 0. The first-order chi connectivity index (χ1) is 6.42. The van der Waals surface area contributed by atoms with E-state index >= 15 is 0 Å². The van der Waals surface area contributed by atoms with Crippen molar-refractivity contribution >= 4 is 11.8 Å². The van der Waals surface area contributed by atoms with Crippen molar-refractivity contribution in [3.05, 3.63) is 29.8 Å². The average molecular weight is 193 g/mol. The molecule has 1 heterocycles. The molecule has 1 atom stereocenters. The maximum Gasteiger partial charge on any atom is 0.0328 e. The average Bonchev–Trinajstić information content (AvgIpc) is 2.39. The van der Waals surface area contributed by atoms with Crippen LogP contribution in [0.1, 0.15) is 24.4 Å². The van der Waals surface area contributed by atoms with Crippen molar-refractivity contribution in [1.82, 2.24) is 5.32 Å². The van der Waals surface area contributed by atoms with Crippen molar-refractivity contribution in [2.45, 2.75) is 23.8 Å². The third kappa shape index (κ3) is 1.89. The van der Waals surface area contributed by atoms with Gasteiger partial charge in [-0.25, -0.2) is 0 Å². The van der Waals surface area contributed by atoms with Crippen molar-refractivity contribution in [2.75, 3.05) is 12.8 Å². The fraction of sp³-hybridized carbons (Fsp3) is 0.455. The molecule has 1 N–H and O–H groups in total. The Morgan fingerprint density at radius 2 is 2.23 bits per heavy atom. The van der Waals surface area contributed by atoms with E-state index in [2.05, 4.69) is 36.6 Å². The van der Waals surface area contributed by atoms with Crippen LogP contribution in [0.15, 0.2) is 29.2 Å². The first-order valence-corrected chi connectivity index (χ1v) is 5.79. The van der Waals surface area contributed by atoms with E-state index in [4.69, 9.17) is 0 Å². The molecule has 0 spiro atoms. The van der Waals surface area contributed by atoms with Crippen LogP contribution in [0, 0.1) is 0 Å². The third-order valence-corrected chi connectivity index (χ3v) is 3.71. The molecule has 1 aromatic carbocycles. The van der Waals surface area contributed by atoms with E-state index < -0.39 is 0 Å². The van der Waals surface area contributed by atoms with E-state index in [9.17, 15) is 0 Å². The topological polar surface area (TPSA) is 12.0 Å². The van der Waals surface area contributed by atoms with Crippen molar-refractivity contribution in [1.29, 1.82) is 0 Å². The molecule has 1 nitrogen and oxygen atoms in total. The Morgan fingerprint density at radius 3 is 3.08 bits per heavy atom. The molecule has 70 valence electrons. The highest BCUT2D eigenvalue weighted by Crippen LogP contribution is 2.33. The van der Waals surface area contributed by atoms with Gasteiger partial charge in [0, 0.05) is 10.9 Å². The number of fused-ring (bicyclic) bond motifs is 1. The summed E-state index contributed by atoms with van der Waals surface area (Å²) in [5.74, 6) is 1.26. The summed E-state index contributed by atoms with van der Waals surface area (Å²) in [4.78, 5) is 1.46. The molecule has 1 aliphatic rings. The summed E-state index contributed by atoms with van der Waals surface area (Å²) in [5, 5.41) is 3.39. The molecule has 0 fully saturated rings. The van der Waals surface area contributed by atoms with E-state index in [1.807, 2.05) is 11.8 Å². The van der Waals surface area contributed by atoms with E-state index in [1.165, 1.54) is 29.1 Å².